The third-order valence-electron chi connectivity index (χ3n) is 2.11. The standard InChI is InChI=1S/C9H7NO.C5H8O2.Zn/c11-8-5-1-3-7-4-2-6-10-9(7)8;1-4(6)3-5(2)7;/h1-6,11H;3H2,1-2H3;/q;;+2. The summed E-state index contributed by atoms with van der Waals surface area (Å²) in [5.74, 6) is 0.114. The van der Waals surface area contributed by atoms with Crippen molar-refractivity contribution >= 4 is 22.5 Å². The topological polar surface area (TPSA) is 67.3 Å². The summed E-state index contributed by atoms with van der Waals surface area (Å²) in [4.78, 5) is 24.1. The SMILES string of the molecule is CC(=O)CC(C)=O.Oc1cccc2cccnc12.[Zn+2]. The first-order chi connectivity index (χ1) is 8.50. The fraction of sp³-hybridized carbons (Fsp3) is 0.214. The summed E-state index contributed by atoms with van der Waals surface area (Å²) in [5, 5.41) is 10.3. The number of benzene rings is 1. The Kier molecular flexibility index (Phi) is 7.77. The molecular formula is C14H15NO3Zn+2. The summed E-state index contributed by atoms with van der Waals surface area (Å²) in [7, 11) is 0. The molecular weight excluding hydrogens is 296 g/mol. The normalized spacial score (nSPS) is 8.95. The maximum Gasteiger partial charge on any atom is 2.00 e. The van der Waals surface area contributed by atoms with Crippen molar-refractivity contribution in [2.75, 3.05) is 0 Å². The molecule has 0 unspecified atom stereocenters. The van der Waals surface area contributed by atoms with Gasteiger partial charge in [0.2, 0.25) is 0 Å². The Labute approximate surface area is 124 Å². The van der Waals surface area contributed by atoms with Crippen molar-refractivity contribution in [1.29, 1.82) is 0 Å². The third-order valence-corrected chi connectivity index (χ3v) is 2.11. The van der Waals surface area contributed by atoms with E-state index in [2.05, 4.69) is 4.98 Å². The zero-order valence-corrected chi connectivity index (χ0v) is 14.1. The van der Waals surface area contributed by atoms with Crippen LogP contribution in [0.15, 0.2) is 36.5 Å². The Bertz CT molecular complexity index is 552. The van der Waals surface area contributed by atoms with Crippen molar-refractivity contribution in [3.8, 4) is 5.75 Å². The molecule has 0 aliphatic heterocycles. The fourth-order valence-electron chi connectivity index (χ4n) is 1.44. The van der Waals surface area contributed by atoms with E-state index >= 15 is 0 Å². The van der Waals surface area contributed by atoms with Crippen LogP contribution in [0.1, 0.15) is 20.3 Å². The van der Waals surface area contributed by atoms with E-state index in [1.54, 1.807) is 18.3 Å². The first-order valence-corrected chi connectivity index (χ1v) is 5.52. The number of rotatable bonds is 2. The number of phenolic OH excluding ortho intramolecular Hbond substituents is 1. The first kappa shape index (κ1) is 17.4. The largest absolute Gasteiger partial charge is 2.00 e. The van der Waals surface area contributed by atoms with Crippen LogP contribution in [0.4, 0.5) is 0 Å². The number of hydrogen-bond donors (Lipinski definition) is 1. The van der Waals surface area contributed by atoms with Crippen LogP contribution in [-0.4, -0.2) is 21.7 Å². The van der Waals surface area contributed by atoms with Crippen LogP contribution < -0.4 is 0 Å². The smallest absolute Gasteiger partial charge is 0.506 e. The predicted octanol–water partition coefficient (Wildman–Crippen LogP) is 2.49. The number of carbonyl (C=O) groups excluding carboxylic acids is 2. The number of hydrogen-bond acceptors (Lipinski definition) is 4. The van der Waals surface area contributed by atoms with E-state index < -0.39 is 0 Å². The van der Waals surface area contributed by atoms with Crippen molar-refractivity contribution < 1.29 is 34.2 Å². The summed E-state index contributed by atoms with van der Waals surface area (Å²) in [5.41, 5.74) is 0.662. The number of ketones is 2. The van der Waals surface area contributed by atoms with E-state index in [4.69, 9.17) is 0 Å². The van der Waals surface area contributed by atoms with Gasteiger partial charge < -0.3 is 5.11 Å². The first-order valence-electron chi connectivity index (χ1n) is 5.52. The average Bonchev–Trinajstić information content (AvgIpc) is 2.29. The molecule has 0 saturated carbocycles. The van der Waals surface area contributed by atoms with E-state index in [1.807, 2.05) is 18.2 Å². The molecule has 0 aliphatic rings. The molecule has 2 rings (SSSR count). The number of fused-ring (bicyclic) bond motifs is 1. The maximum atomic E-state index is 10.0. The summed E-state index contributed by atoms with van der Waals surface area (Å²) < 4.78 is 0. The van der Waals surface area contributed by atoms with Crippen molar-refractivity contribution in [2.45, 2.75) is 20.3 Å². The Morgan fingerprint density at radius 2 is 1.68 bits per heavy atom. The molecule has 1 aromatic heterocycles. The molecule has 19 heavy (non-hydrogen) atoms. The van der Waals surface area contributed by atoms with Gasteiger partial charge in [-0.3, -0.25) is 14.6 Å². The molecule has 0 fully saturated rings. The molecule has 1 N–H and O–H groups in total. The number of para-hydroxylation sites is 1. The van der Waals surface area contributed by atoms with Crippen LogP contribution in [0.5, 0.6) is 5.75 Å². The van der Waals surface area contributed by atoms with Gasteiger partial charge in [-0.2, -0.15) is 0 Å². The summed E-state index contributed by atoms with van der Waals surface area (Å²) in [6, 6.07) is 9.13. The minimum Gasteiger partial charge on any atom is -0.506 e. The molecule has 1 heterocycles. The van der Waals surface area contributed by atoms with E-state index in [0.29, 0.717) is 5.52 Å². The second-order valence-corrected chi connectivity index (χ2v) is 3.93. The summed E-state index contributed by atoms with van der Waals surface area (Å²) in [6.07, 6.45) is 1.75. The van der Waals surface area contributed by atoms with Crippen LogP contribution in [-0.2, 0) is 29.1 Å². The van der Waals surface area contributed by atoms with Gasteiger partial charge in [0.15, 0.2) is 0 Å². The number of Topliss-reactive ketones (excluding diaryl/α,β-unsaturated/α-hetero) is 2. The van der Waals surface area contributed by atoms with Crippen LogP contribution in [0, 0.1) is 0 Å². The molecule has 94 valence electrons. The Balaban J connectivity index is 0.000000360. The molecule has 0 bridgehead atoms. The van der Waals surface area contributed by atoms with Gasteiger partial charge in [0.25, 0.3) is 0 Å². The van der Waals surface area contributed by atoms with Gasteiger partial charge in [0, 0.05) is 11.6 Å². The van der Waals surface area contributed by atoms with Gasteiger partial charge in [-0.25, -0.2) is 0 Å². The van der Waals surface area contributed by atoms with Gasteiger partial charge in [0.05, 0.1) is 6.42 Å². The van der Waals surface area contributed by atoms with E-state index in [0.717, 1.165) is 5.39 Å². The molecule has 0 saturated heterocycles. The van der Waals surface area contributed by atoms with E-state index in [-0.39, 0.29) is 43.2 Å². The third kappa shape index (κ3) is 6.21. The quantitative estimate of drug-likeness (QED) is 0.683. The molecule has 1 aromatic carbocycles. The molecule has 0 radical (unpaired) electrons. The van der Waals surface area contributed by atoms with Gasteiger partial charge in [-0.15, -0.1) is 0 Å². The van der Waals surface area contributed by atoms with Gasteiger partial charge in [0.1, 0.15) is 22.8 Å². The Hall–Kier alpha value is -1.61. The van der Waals surface area contributed by atoms with Crippen molar-refractivity contribution in [1.82, 2.24) is 4.98 Å². The molecule has 4 nitrogen and oxygen atoms in total. The molecule has 0 spiro atoms. The molecule has 5 heteroatoms. The minimum atomic E-state index is -0.0625. The van der Waals surface area contributed by atoms with E-state index in [9.17, 15) is 14.7 Å². The zero-order chi connectivity index (χ0) is 13.5. The molecule has 0 atom stereocenters. The van der Waals surface area contributed by atoms with Crippen LogP contribution in [0.25, 0.3) is 10.9 Å². The van der Waals surface area contributed by atoms with Crippen molar-refractivity contribution in [3.63, 3.8) is 0 Å². The number of pyridine rings is 1. The van der Waals surface area contributed by atoms with Crippen LogP contribution >= 0.6 is 0 Å². The average molecular weight is 311 g/mol. The Morgan fingerprint density at radius 3 is 2.16 bits per heavy atom. The van der Waals surface area contributed by atoms with Crippen molar-refractivity contribution in [3.05, 3.63) is 36.5 Å². The van der Waals surface area contributed by atoms with Crippen molar-refractivity contribution in [2.24, 2.45) is 0 Å². The van der Waals surface area contributed by atoms with Gasteiger partial charge in [-0.1, -0.05) is 18.2 Å². The second kappa shape index (κ2) is 8.49. The summed E-state index contributed by atoms with van der Waals surface area (Å²) >= 11 is 0. The predicted molar refractivity (Wildman–Crippen MR) is 69.4 cm³/mol. The molecule has 0 amide bonds. The van der Waals surface area contributed by atoms with Gasteiger partial charge >= 0.3 is 19.5 Å². The van der Waals surface area contributed by atoms with E-state index in [1.165, 1.54) is 13.8 Å². The fourth-order valence-corrected chi connectivity index (χ4v) is 1.44. The molecule has 2 aromatic rings. The summed E-state index contributed by atoms with van der Waals surface area (Å²) in [6.45, 7) is 2.81. The second-order valence-electron chi connectivity index (χ2n) is 3.93. The monoisotopic (exact) mass is 309 g/mol. The Morgan fingerprint density at radius 1 is 1.11 bits per heavy atom. The number of aromatic hydroxyl groups is 1. The number of carbonyl (C=O) groups is 2. The number of phenols is 1. The molecule has 0 aliphatic carbocycles. The van der Waals surface area contributed by atoms with Gasteiger partial charge in [-0.05, 0) is 26.0 Å². The number of aromatic nitrogens is 1. The van der Waals surface area contributed by atoms with Crippen LogP contribution in [0.3, 0.4) is 0 Å². The van der Waals surface area contributed by atoms with Crippen LogP contribution in [0.2, 0.25) is 0 Å². The zero-order valence-electron chi connectivity index (χ0n) is 11.1. The number of nitrogens with zero attached hydrogens (tertiary/aromatic N) is 1. The minimum absolute atomic E-state index is 0. The maximum absolute atomic E-state index is 10.0.